The number of aliphatic hydroxyl groups is 2. The van der Waals surface area contributed by atoms with Crippen LogP contribution in [0.5, 0.6) is 0 Å². The van der Waals surface area contributed by atoms with Gasteiger partial charge in [0.15, 0.2) is 0 Å². The molecule has 4 bridgehead atoms. The minimum absolute atomic E-state index is 0.0856. The lowest BCUT2D eigenvalue weighted by Gasteiger charge is -2.41. The van der Waals surface area contributed by atoms with Gasteiger partial charge >= 0.3 is 0 Å². The molecule has 2 heteroatoms. The summed E-state index contributed by atoms with van der Waals surface area (Å²) < 4.78 is 0. The van der Waals surface area contributed by atoms with E-state index in [4.69, 9.17) is 0 Å². The summed E-state index contributed by atoms with van der Waals surface area (Å²) in [7, 11) is 0. The zero-order valence-corrected chi connectivity index (χ0v) is 9.29. The molecule has 2 nitrogen and oxygen atoms in total. The number of hydrogen-bond donors (Lipinski definition) is 2. The Kier molecular flexibility index (Phi) is 1.65. The summed E-state index contributed by atoms with van der Waals surface area (Å²) >= 11 is 0. The molecule has 0 radical (unpaired) electrons. The van der Waals surface area contributed by atoms with Crippen LogP contribution < -0.4 is 0 Å². The predicted octanol–water partition coefficient (Wildman–Crippen LogP) is 1.50. The standard InChI is InChI=1S/C14H18O2/c15-13-10-3-2-9(6-10)12(13)14(16)7-8-1-4-11(14)5-8/h1-4,8-13,15-16H,5-7H2. The first-order valence-electron chi connectivity index (χ1n) is 6.45. The van der Waals surface area contributed by atoms with E-state index in [0.717, 1.165) is 19.3 Å². The SMILES string of the molecule is OC1C2C=CC(C2)C1C1(O)CC2C=CC1C2. The van der Waals surface area contributed by atoms with Gasteiger partial charge in [0.2, 0.25) is 0 Å². The van der Waals surface area contributed by atoms with Gasteiger partial charge in [-0.3, -0.25) is 0 Å². The first-order chi connectivity index (χ1) is 7.68. The Hall–Kier alpha value is -0.600. The zero-order chi connectivity index (χ0) is 10.9. The van der Waals surface area contributed by atoms with Crippen LogP contribution in [0.4, 0.5) is 0 Å². The Morgan fingerprint density at radius 3 is 2.38 bits per heavy atom. The Labute approximate surface area is 95.7 Å². The number of aliphatic hydroxyl groups excluding tert-OH is 1. The Morgan fingerprint density at radius 2 is 1.81 bits per heavy atom. The van der Waals surface area contributed by atoms with E-state index >= 15 is 0 Å². The first-order valence-corrected chi connectivity index (χ1v) is 6.45. The molecular formula is C14H18O2. The fourth-order valence-electron chi connectivity index (χ4n) is 4.71. The summed E-state index contributed by atoms with van der Waals surface area (Å²) in [4.78, 5) is 0. The first kappa shape index (κ1) is 9.43. The molecule has 0 amide bonds. The minimum Gasteiger partial charge on any atom is -0.392 e. The molecule has 16 heavy (non-hydrogen) atoms. The van der Waals surface area contributed by atoms with E-state index in [-0.39, 0.29) is 12.0 Å². The van der Waals surface area contributed by atoms with Crippen LogP contribution in [-0.2, 0) is 0 Å². The molecule has 0 aliphatic heterocycles. The molecule has 0 spiro atoms. The molecule has 2 N–H and O–H groups in total. The van der Waals surface area contributed by atoms with Crippen molar-refractivity contribution in [2.45, 2.75) is 31.0 Å². The van der Waals surface area contributed by atoms with E-state index in [1.807, 2.05) is 0 Å². The number of rotatable bonds is 1. The monoisotopic (exact) mass is 218 g/mol. The molecule has 0 aromatic heterocycles. The molecule has 7 atom stereocenters. The van der Waals surface area contributed by atoms with Gasteiger partial charge in [0.25, 0.3) is 0 Å². The van der Waals surface area contributed by atoms with E-state index in [9.17, 15) is 10.2 Å². The minimum atomic E-state index is -0.622. The van der Waals surface area contributed by atoms with Crippen molar-refractivity contribution in [1.29, 1.82) is 0 Å². The molecular weight excluding hydrogens is 200 g/mol. The normalized spacial score (nSPS) is 61.4. The van der Waals surface area contributed by atoms with Gasteiger partial charge in [0.1, 0.15) is 0 Å². The van der Waals surface area contributed by atoms with Crippen molar-refractivity contribution in [1.82, 2.24) is 0 Å². The van der Waals surface area contributed by atoms with E-state index in [0.29, 0.717) is 23.7 Å². The molecule has 0 aromatic rings. The number of hydrogen-bond acceptors (Lipinski definition) is 2. The van der Waals surface area contributed by atoms with Gasteiger partial charge in [-0.2, -0.15) is 0 Å². The topological polar surface area (TPSA) is 40.5 Å². The van der Waals surface area contributed by atoms with Gasteiger partial charge in [-0.15, -0.1) is 0 Å². The fourth-order valence-corrected chi connectivity index (χ4v) is 4.71. The van der Waals surface area contributed by atoms with Crippen molar-refractivity contribution < 1.29 is 10.2 Å². The second kappa shape index (κ2) is 2.80. The highest BCUT2D eigenvalue weighted by Gasteiger charge is 2.59. The molecule has 0 heterocycles. The van der Waals surface area contributed by atoms with E-state index in [1.165, 1.54) is 0 Å². The molecule has 4 aliphatic carbocycles. The van der Waals surface area contributed by atoms with Crippen molar-refractivity contribution in [2.75, 3.05) is 0 Å². The van der Waals surface area contributed by atoms with E-state index < -0.39 is 5.60 Å². The van der Waals surface area contributed by atoms with Crippen molar-refractivity contribution >= 4 is 0 Å². The van der Waals surface area contributed by atoms with Gasteiger partial charge in [-0.25, -0.2) is 0 Å². The Morgan fingerprint density at radius 1 is 1.00 bits per heavy atom. The lowest BCUT2D eigenvalue weighted by Crippen LogP contribution is -2.49. The van der Waals surface area contributed by atoms with Gasteiger partial charge in [-0.05, 0) is 31.1 Å². The predicted molar refractivity (Wildman–Crippen MR) is 60.5 cm³/mol. The summed E-state index contributed by atoms with van der Waals surface area (Å²) in [6.45, 7) is 0. The summed E-state index contributed by atoms with van der Waals surface area (Å²) in [6, 6.07) is 0. The van der Waals surface area contributed by atoms with Crippen LogP contribution in [0.15, 0.2) is 24.3 Å². The van der Waals surface area contributed by atoms with Crippen LogP contribution in [0, 0.1) is 29.6 Å². The number of fused-ring (bicyclic) bond motifs is 4. The third-order valence-electron chi connectivity index (χ3n) is 5.40. The second-order valence-corrected chi connectivity index (χ2v) is 6.15. The average molecular weight is 218 g/mol. The zero-order valence-electron chi connectivity index (χ0n) is 9.29. The van der Waals surface area contributed by atoms with Crippen LogP contribution in [0.1, 0.15) is 19.3 Å². The highest BCUT2D eigenvalue weighted by molar-refractivity contribution is 5.25. The maximum absolute atomic E-state index is 10.9. The van der Waals surface area contributed by atoms with Crippen LogP contribution in [0.25, 0.3) is 0 Å². The summed E-state index contributed by atoms with van der Waals surface area (Å²) in [5.74, 6) is 1.66. The van der Waals surface area contributed by atoms with E-state index in [2.05, 4.69) is 24.3 Å². The third-order valence-corrected chi connectivity index (χ3v) is 5.40. The maximum atomic E-state index is 10.9. The van der Waals surface area contributed by atoms with E-state index in [1.54, 1.807) is 0 Å². The lowest BCUT2D eigenvalue weighted by molar-refractivity contribution is -0.0926. The average Bonchev–Trinajstić information content (AvgIpc) is 2.92. The molecule has 86 valence electrons. The van der Waals surface area contributed by atoms with Crippen LogP contribution in [-0.4, -0.2) is 21.9 Å². The van der Waals surface area contributed by atoms with Crippen LogP contribution in [0.3, 0.4) is 0 Å². The molecule has 2 saturated carbocycles. The maximum Gasteiger partial charge on any atom is 0.0774 e. The number of allylic oxidation sites excluding steroid dienone is 2. The largest absolute Gasteiger partial charge is 0.392 e. The summed E-state index contributed by atoms with van der Waals surface area (Å²) in [5.41, 5.74) is -0.622. The third kappa shape index (κ3) is 0.957. The van der Waals surface area contributed by atoms with Crippen LogP contribution >= 0.6 is 0 Å². The summed E-state index contributed by atoms with van der Waals surface area (Å²) in [5, 5.41) is 21.2. The van der Waals surface area contributed by atoms with Crippen molar-refractivity contribution in [3.63, 3.8) is 0 Å². The highest BCUT2D eigenvalue weighted by Crippen LogP contribution is 2.58. The quantitative estimate of drug-likeness (QED) is 0.655. The highest BCUT2D eigenvalue weighted by atomic mass is 16.3. The molecule has 0 aromatic carbocycles. The molecule has 7 unspecified atom stereocenters. The Balaban J connectivity index is 1.71. The second-order valence-electron chi connectivity index (χ2n) is 6.15. The van der Waals surface area contributed by atoms with Crippen molar-refractivity contribution in [2.24, 2.45) is 29.6 Å². The van der Waals surface area contributed by atoms with Crippen molar-refractivity contribution in [3.8, 4) is 0 Å². The van der Waals surface area contributed by atoms with Gasteiger partial charge in [0.05, 0.1) is 11.7 Å². The molecule has 4 rings (SSSR count). The van der Waals surface area contributed by atoms with Gasteiger partial charge in [0, 0.05) is 17.8 Å². The van der Waals surface area contributed by atoms with Gasteiger partial charge in [-0.1, -0.05) is 24.3 Å². The fraction of sp³-hybridized carbons (Fsp3) is 0.714. The summed E-state index contributed by atoms with van der Waals surface area (Å²) in [6.07, 6.45) is 11.5. The van der Waals surface area contributed by atoms with Gasteiger partial charge < -0.3 is 10.2 Å². The molecule has 4 aliphatic rings. The lowest BCUT2D eigenvalue weighted by atomic mass is 9.70. The smallest absolute Gasteiger partial charge is 0.0774 e. The molecule has 0 saturated heterocycles. The molecule has 2 fully saturated rings. The van der Waals surface area contributed by atoms with Crippen molar-refractivity contribution in [3.05, 3.63) is 24.3 Å². The van der Waals surface area contributed by atoms with Crippen LogP contribution in [0.2, 0.25) is 0 Å². The Bertz CT molecular complexity index is 386.